The summed E-state index contributed by atoms with van der Waals surface area (Å²) in [6.07, 6.45) is 20.9. The average molecular weight is 541 g/mol. The van der Waals surface area contributed by atoms with Gasteiger partial charge in [-0.25, -0.2) is 0 Å². The van der Waals surface area contributed by atoms with Gasteiger partial charge >= 0.3 is 0 Å². The fourth-order valence-electron chi connectivity index (χ4n) is 7.94. The van der Waals surface area contributed by atoms with Crippen LogP contribution in [0.15, 0.2) is 12.1 Å². The zero-order valence-electron chi connectivity index (χ0n) is 27.2. The lowest BCUT2D eigenvalue weighted by Gasteiger charge is -2.36. The fraction of sp³-hybridized carbons (Fsp3) is 0.838. The number of hydrogen-bond acceptors (Lipinski definition) is 1. The van der Waals surface area contributed by atoms with Crippen molar-refractivity contribution < 1.29 is 9.59 Å². The van der Waals surface area contributed by atoms with Crippen LogP contribution in [-0.2, 0) is 6.42 Å². The zero-order valence-corrected chi connectivity index (χ0v) is 27.2. The molecule has 224 valence electrons. The summed E-state index contributed by atoms with van der Waals surface area (Å²) < 4.78 is 1.21. The number of aryl methyl sites for hydroxylation is 2. The molecular weight excluding hydrogens is 474 g/mol. The van der Waals surface area contributed by atoms with Crippen molar-refractivity contribution in [3.05, 3.63) is 34.4 Å². The molecular formula is C37H66NO+. The van der Waals surface area contributed by atoms with Gasteiger partial charge in [0, 0.05) is 0 Å². The molecule has 3 aliphatic rings. The largest absolute Gasteiger partial charge is 0.393 e. The monoisotopic (exact) mass is 541 g/mol. The number of benzene rings is 1. The van der Waals surface area contributed by atoms with E-state index in [0.29, 0.717) is 0 Å². The minimum absolute atomic E-state index is 0.00667. The Hall–Kier alpha value is -0.860. The minimum Gasteiger partial charge on any atom is -0.393 e. The van der Waals surface area contributed by atoms with Gasteiger partial charge in [0.15, 0.2) is 0 Å². The molecule has 1 N–H and O–H groups in total. The van der Waals surface area contributed by atoms with Gasteiger partial charge in [-0.2, -0.15) is 0 Å². The van der Waals surface area contributed by atoms with Gasteiger partial charge in [0.25, 0.3) is 0 Å². The van der Waals surface area contributed by atoms with Crippen molar-refractivity contribution in [2.75, 3.05) is 26.7 Å². The van der Waals surface area contributed by atoms with E-state index < -0.39 is 0 Å². The van der Waals surface area contributed by atoms with E-state index in [1.54, 1.807) is 5.56 Å². The van der Waals surface area contributed by atoms with Crippen LogP contribution in [-0.4, -0.2) is 42.4 Å². The normalized spacial score (nSPS) is 29.9. The van der Waals surface area contributed by atoms with Gasteiger partial charge in [0.1, 0.15) is 0 Å². The van der Waals surface area contributed by atoms with Crippen molar-refractivity contribution >= 4 is 0 Å². The summed E-state index contributed by atoms with van der Waals surface area (Å²) in [5.41, 5.74) is 6.00. The molecule has 3 aliphatic carbocycles. The smallest absolute Gasteiger partial charge is 0.0755 e. The molecule has 0 heterocycles. The van der Waals surface area contributed by atoms with E-state index >= 15 is 0 Å². The maximum atomic E-state index is 9.75. The first-order valence-corrected chi connectivity index (χ1v) is 17.2. The number of aliphatic hydroxyl groups excluding tert-OH is 1. The Morgan fingerprint density at radius 2 is 0.923 bits per heavy atom. The van der Waals surface area contributed by atoms with Gasteiger partial charge in [0.05, 0.1) is 32.8 Å². The summed E-state index contributed by atoms with van der Waals surface area (Å²) in [6, 6.07) is 4.89. The molecule has 0 atom stereocenters. The average Bonchev–Trinajstić information content (AvgIpc) is 2.95. The summed E-state index contributed by atoms with van der Waals surface area (Å²) in [5.74, 6) is 4.87. The second-order valence-electron chi connectivity index (χ2n) is 14.5. The first-order chi connectivity index (χ1) is 18.6. The van der Waals surface area contributed by atoms with E-state index in [2.05, 4.69) is 60.7 Å². The Morgan fingerprint density at radius 1 is 0.590 bits per heavy atom. The molecule has 3 fully saturated rings. The summed E-state index contributed by atoms with van der Waals surface area (Å²) in [5, 5.41) is 9.75. The molecule has 4 rings (SSSR count). The highest BCUT2D eigenvalue weighted by Gasteiger charge is 2.29. The first-order valence-electron chi connectivity index (χ1n) is 17.2. The van der Waals surface area contributed by atoms with Crippen LogP contribution in [0.4, 0.5) is 0 Å². The number of aliphatic hydroxyl groups is 1. The van der Waals surface area contributed by atoms with Crippen molar-refractivity contribution in [1.29, 1.82) is 0 Å². The highest BCUT2D eigenvalue weighted by atomic mass is 16.3. The quantitative estimate of drug-likeness (QED) is 0.309. The van der Waals surface area contributed by atoms with Crippen LogP contribution in [0.1, 0.15) is 133 Å². The minimum atomic E-state index is 0.00667. The molecule has 0 aromatic heterocycles. The SMILES string of the molecule is CC[N+](C)(CC)CC.Cc1cc(CC2CCC(CC3CCC(CC4CCC(O)CC4)CC3)CC2)cc(C)c1C. The van der Waals surface area contributed by atoms with E-state index in [-0.39, 0.29) is 6.10 Å². The Labute approximate surface area is 243 Å². The molecule has 3 saturated carbocycles. The molecule has 0 unspecified atom stereocenters. The van der Waals surface area contributed by atoms with E-state index in [9.17, 15) is 5.11 Å². The van der Waals surface area contributed by atoms with Crippen LogP contribution in [0.5, 0.6) is 0 Å². The third-order valence-corrected chi connectivity index (χ3v) is 11.9. The maximum absolute atomic E-state index is 9.75. The third kappa shape index (κ3) is 10.5. The maximum Gasteiger partial charge on any atom is 0.0755 e. The second kappa shape index (κ2) is 16.0. The lowest BCUT2D eigenvalue weighted by atomic mass is 9.70. The van der Waals surface area contributed by atoms with Gasteiger partial charge in [-0.3, -0.25) is 0 Å². The van der Waals surface area contributed by atoms with Gasteiger partial charge in [-0.15, -0.1) is 0 Å². The Balaban J connectivity index is 0.000000459. The van der Waals surface area contributed by atoms with Crippen LogP contribution in [0.2, 0.25) is 0 Å². The molecule has 0 saturated heterocycles. The van der Waals surface area contributed by atoms with Crippen molar-refractivity contribution in [1.82, 2.24) is 0 Å². The van der Waals surface area contributed by atoms with E-state index in [0.717, 1.165) is 42.4 Å². The Kier molecular flexibility index (Phi) is 13.4. The van der Waals surface area contributed by atoms with Gasteiger partial charge in [0.2, 0.25) is 0 Å². The molecule has 0 aliphatic heterocycles. The topological polar surface area (TPSA) is 20.2 Å². The highest BCUT2D eigenvalue weighted by molar-refractivity contribution is 5.37. The predicted octanol–water partition coefficient (Wildman–Crippen LogP) is 9.59. The fourth-order valence-corrected chi connectivity index (χ4v) is 7.94. The molecule has 39 heavy (non-hydrogen) atoms. The molecule has 2 nitrogen and oxygen atoms in total. The number of nitrogens with zero attached hydrogens (tertiary/aromatic N) is 1. The van der Waals surface area contributed by atoms with Gasteiger partial charge in [-0.1, -0.05) is 50.7 Å². The molecule has 0 radical (unpaired) electrons. The van der Waals surface area contributed by atoms with Crippen LogP contribution in [0.3, 0.4) is 0 Å². The third-order valence-electron chi connectivity index (χ3n) is 11.9. The number of quaternary nitrogens is 1. The van der Waals surface area contributed by atoms with Crippen molar-refractivity contribution in [3.8, 4) is 0 Å². The molecule has 0 spiro atoms. The van der Waals surface area contributed by atoms with Crippen LogP contribution < -0.4 is 0 Å². The van der Waals surface area contributed by atoms with Crippen molar-refractivity contribution in [3.63, 3.8) is 0 Å². The molecule has 1 aromatic rings. The number of rotatable bonds is 9. The van der Waals surface area contributed by atoms with E-state index in [1.165, 1.54) is 124 Å². The van der Waals surface area contributed by atoms with E-state index in [1.807, 2.05) is 0 Å². The zero-order chi connectivity index (χ0) is 28.4. The number of hydrogen-bond donors (Lipinski definition) is 1. The lowest BCUT2D eigenvalue weighted by Crippen LogP contribution is -2.42. The Bertz CT molecular complexity index is 787. The molecule has 1 aromatic carbocycles. The first kappa shape index (κ1) is 32.7. The molecule has 0 amide bonds. The van der Waals surface area contributed by atoms with Crippen LogP contribution in [0.25, 0.3) is 0 Å². The van der Waals surface area contributed by atoms with Crippen LogP contribution in [0, 0.1) is 50.4 Å². The van der Waals surface area contributed by atoms with E-state index in [4.69, 9.17) is 0 Å². The second-order valence-corrected chi connectivity index (χ2v) is 14.5. The van der Waals surface area contributed by atoms with Crippen molar-refractivity contribution in [2.45, 2.75) is 144 Å². The summed E-state index contributed by atoms with van der Waals surface area (Å²) in [6.45, 7) is 17.3. The lowest BCUT2D eigenvalue weighted by molar-refractivity contribution is -0.904. The highest BCUT2D eigenvalue weighted by Crippen LogP contribution is 2.41. The van der Waals surface area contributed by atoms with Gasteiger partial charge < -0.3 is 9.59 Å². The van der Waals surface area contributed by atoms with Gasteiger partial charge in [-0.05, 0) is 151 Å². The summed E-state index contributed by atoms with van der Waals surface area (Å²) in [4.78, 5) is 0. The Morgan fingerprint density at radius 3 is 1.26 bits per heavy atom. The van der Waals surface area contributed by atoms with Crippen molar-refractivity contribution in [2.24, 2.45) is 29.6 Å². The molecule has 0 bridgehead atoms. The molecule has 2 heteroatoms. The summed E-state index contributed by atoms with van der Waals surface area (Å²) >= 11 is 0. The standard InChI is InChI=1S/C30H48O.C7H18N/c1-21-16-29(17-22(2)23(21)3)20-27-10-8-25(9-11-27)18-24-4-6-26(7-5-24)19-28-12-14-30(31)15-13-28;1-5-8(4,6-2)7-3/h16-17,24-28,30-31H,4-15,18-20H2,1-3H3;5-7H2,1-4H3/q;+1. The predicted molar refractivity (Wildman–Crippen MR) is 170 cm³/mol. The van der Waals surface area contributed by atoms with Crippen LogP contribution >= 0.6 is 0 Å². The summed E-state index contributed by atoms with van der Waals surface area (Å²) in [7, 11) is 2.29.